The van der Waals surface area contributed by atoms with Crippen molar-refractivity contribution in [3.8, 4) is 0 Å². The van der Waals surface area contributed by atoms with Crippen molar-refractivity contribution in [3.05, 3.63) is 23.9 Å². The molecule has 194 valence electrons. The van der Waals surface area contributed by atoms with Gasteiger partial charge in [0.05, 0.1) is 11.0 Å². The molecule has 3 bridgehead atoms. The average molecular weight is 505 g/mol. The van der Waals surface area contributed by atoms with Crippen LogP contribution in [0.25, 0.3) is 0 Å². The SMILES string of the molecule is O=C(NC1C2CC3C[C@@]4(C(=O)O)CC1CC34C2)C1(N2CCN(c3ccc(C(F)(F)F)cn3)CC2)CC1. The molecule has 2 N–H and O–H groups in total. The van der Waals surface area contributed by atoms with Gasteiger partial charge in [-0.3, -0.25) is 14.5 Å². The van der Waals surface area contributed by atoms with Gasteiger partial charge in [0.15, 0.2) is 0 Å². The number of piperazine rings is 1. The molecule has 7 rings (SSSR count). The van der Waals surface area contributed by atoms with Crippen LogP contribution in [0, 0.1) is 28.6 Å². The van der Waals surface area contributed by atoms with Crippen LogP contribution in [0.3, 0.4) is 0 Å². The number of hydrogen-bond donors (Lipinski definition) is 2. The van der Waals surface area contributed by atoms with E-state index in [4.69, 9.17) is 0 Å². The fraction of sp³-hybridized carbons (Fsp3) is 0.731. The number of aliphatic carboxylic acids is 1. The number of carbonyl (C=O) groups is 2. The lowest BCUT2D eigenvalue weighted by atomic mass is 9.46. The second-order valence-corrected chi connectivity index (χ2v) is 12.2. The Labute approximate surface area is 207 Å². The molecule has 36 heavy (non-hydrogen) atoms. The Hall–Kier alpha value is -2.36. The summed E-state index contributed by atoms with van der Waals surface area (Å²) in [6.45, 7) is 2.52. The van der Waals surface area contributed by atoms with Crippen LogP contribution in [0.1, 0.15) is 50.5 Å². The van der Waals surface area contributed by atoms with Crippen molar-refractivity contribution in [2.45, 2.75) is 62.7 Å². The largest absolute Gasteiger partial charge is 0.481 e. The van der Waals surface area contributed by atoms with Gasteiger partial charge in [-0.05, 0) is 80.2 Å². The molecular weight excluding hydrogens is 473 g/mol. The minimum Gasteiger partial charge on any atom is -0.481 e. The Kier molecular flexibility index (Phi) is 4.52. The standard InChI is InChI=1S/C26H31F3N4O3/c27-26(28,29)17-1-2-19(30-14-17)32-5-7-33(8-6-32)25(3-4-25)21(34)31-20-15-9-18-13-24(22(35)36)12-16(20)11-23(18,24)10-15/h1-2,14-16,18,20H,3-13H2,(H,31,34)(H,35,36)/t15?,16?,18?,20?,23?,24-/m1/s1. The molecule has 1 saturated heterocycles. The van der Waals surface area contributed by atoms with E-state index in [0.29, 0.717) is 50.3 Å². The van der Waals surface area contributed by atoms with E-state index < -0.39 is 28.7 Å². The van der Waals surface area contributed by atoms with Gasteiger partial charge in [-0.2, -0.15) is 13.2 Å². The lowest BCUT2D eigenvalue weighted by Gasteiger charge is -2.56. The number of carbonyl (C=O) groups excluding carboxylic acids is 1. The molecule has 5 aliphatic carbocycles. The Bertz CT molecular complexity index is 1110. The van der Waals surface area contributed by atoms with Crippen LogP contribution in [-0.2, 0) is 15.8 Å². The van der Waals surface area contributed by atoms with Crippen LogP contribution in [0.2, 0.25) is 0 Å². The zero-order chi connectivity index (χ0) is 25.1. The third-order valence-electron chi connectivity index (χ3n) is 10.9. The van der Waals surface area contributed by atoms with E-state index in [1.807, 2.05) is 4.90 Å². The number of fused-ring (bicyclic) bond motifs is 2. The van der Waals surface area contributed by atoms with Gasteiger partial charge in [-0.15, -0.1) is 0 Å². The number of halogens is 3. The minimum atomic E-state index is -4.40. The first-order valence-electron chi connectivity index (χ1n) is 13.2. The van der Waals surface area contributed by atoms with Crippen LogP contribution in [-0.4, -0.2) is 64.6 Å². The van der Waals surface area contributed by atoms with Crippen LogP contribution in [0.5, 0.6) is 0 Å². The summed E-state index contributed by atoms with van der Waals surface area (Å²) in [6.07, 6.45) is 2.54. The fourth-order valence-electron chi connectivity index (χ4n) is 9.12. The van der Waals surface area contributed by atoms with Crippen molar-refractivity contribution in [2.24, 2.45) is 28.6 Å². The molecule has 6 aliphatic rings. The highest BCUT2D eigenvalue weighted by molar-refractivity contribution is 5.90. The first-order valence-corrected chi connectivity index (χ1v) is 13.2. The van der Waals surface area contributed by atoms with Crippen molar-refractivity contribution in [1.29, 1.82) is 0 Å². The second kappa shape index (κ2) is 7.14. The third kappa shape index (κ3) is 2.88. The lowest BCUT2D eigenvalue weighted by molar-refractivity contribution is -0.179. The molecule has 0 radical (unpaired) electrons. The highest BCUT2D eigenvalue weighted by atomic mass is 19.4. The number of hydrogen-bond acceptors (Lipinski definition) is 5. The molecule has 1 aromatic heterocycles. The van der Waals surface area contributed by atoms with Gasteiger partial charge in [0.2, 0.25) is 5.91 Å². The van der Waals surface area contributed by atoms with Crippen LogP contribution in [0.4, 0.5) is 19.0 Å². The number of nitrogens with one attached hydrogen (secondary N) is 1. The molecular formula is C26H31F3N4O3. The van der Waals surface area contributed by atoms with E-state index in [1.54, 1.807) is 0 Å². The summed E-state index contributed by atoms with van der Waals surface area (Å²) in [5, 5.41) is 13.5. The molecule has 5 unspecified atom stereocenters. The molecule has 2 heterocycles. The van der Waals surface area contributed by atoms with Gasteiger partial charge in [-0.25, -0.2) is 4.98 Å². The van der Waals surface area contributed by atoms with Gasteiger partial charge in [0.1, 0.15) is 11.4 Å². The van der Waals surface area contributed by atoms with E-state index in [2.05, 4.69) is 15.2 Å². The highest BCUT2D eigenvalue weighted by Gasteiger charge is 2.79. The molecule has 5 saturated carbocycles. The van der Waals surface area contributed by atoms with Crippen molar-refractivity contribution in [3.63, 3.8) is 0 Å². The Balaban J connectivity index is 1.00. The molecule has 6 fully saturated rings. The molecule has 0 aromatic carbocycles. The van der Waals surface area contributed by atoms with E-state index in [1.165, 1.54) is 6.07 Å². The van der Waals surface area contributed by atoms with E-state index >= 15 is 0 Å². The van der Waals surface area contributed by atoms with Crippen molar-refractivity contribution >= 4 is 17.7 Å². The maximum absolute atomic E-state index is 13.6. The summed E-state index contributed by atoms with van der Waals surface area (Å²) in [6, 6.07) is 2.56. The molecule has 6 atom stereocenters. The van der Waals surface area contributed by atoms with Gasteiger partial charge < -0.3 is 15.3 Å². The number of aromatic nitrogens is 1. The van der Waals surface area contributed by atoms with Crippen molar-refractivity contribution in [2.75, 3.05) is 31.1 Å². The smallest absolute Gasteiger partial charge is 0.417 e. The zero-order valence-electron chi connectivity index (χ0n) is 20.1. The number of alkyl halides is 3. The van der Waals surface area contributed by atoms with Gasteiger partial charge in [0, 0.05) is 38.4 Å². The predicted octanol–water partition coefficient (Wildman–Crippen LogP) is 3.15. The van der Waals surface area contributed by atoms with Crippen LogP contribution in [0.15, 0.2) is 18.3 Å². The second-order valence-electron chi connectivity index (χ2n) is 12.2. The minimum absolute atomic E-state index is 0.0185. The summed E-state index contributed by atoms with van der Waals surface area (Å²) in [4.78, 5) is 34.1. The van der Waals surface area contributed by atoms with E-state index in [-0.39, 0.29) is 23.3 Å². The monoisotopic (exact) mass is 504 g/mol. The number of amides is 1. The fourth-order valence-corrected chi connectivity index (χ4v) is 9.12. The maximum Gasteiger partial charge on any atom is 0.417 e. The summed E-state index contributed by atoms with van der Waals surface area (Å²) in [5.41, 5.74) is -1.83. The number of carboxylic acid groups (broad SMARTS) is 1. The maximum atomic E-state index is 13.6. The normalized spacial score (nSPS) is 40.0. The number of anilines is 1. The van der Waals surface area contributed by atoms with E-state index in [9.17, 15) is 27.9 Å². The quantitative estimate of drug-likeness (QED) is 0.641. The van der Waals surface area contributed by atoms with Crippen LogP contribution < -0.4 is 10.2 Å². The van der Waals surface area contributed by atoms with Gasteiger partial charge in [0.25, 0.3) is 0 Å². The first kappa shape index (κ1) is 22.8. The van der Waals surface area contributed by atoms with Crippen molar-refractivity contribution in [1.82, 2.24) is 15.2 Å². The Morgan fingerprint density at radius 2 is 1.75 bits per heavy atom. The molecule has 1 amide bonds. The first-order chi connectivity index (χ1) is 17.1. The number of carboxylic acids is 1. The van der Waals surface area contributed by atoms with Crippen molar-refractivity contribution < 1.29 is 27.9 Å². The molecule has 1 aromatic rings. The third-order valence-corrected chi connectivity index (χ3v) is 10.9. The molecule has 7 nitrogen and oxygen atoms in total. The topological polar surface area (TPSA) is 85.8 Å². The summed E-state index contributed by atoms with van der Waals surface area (Å²) in [7, 11) is 0. The average Bonchev–Trinajstić information content (AvgIpc) is 3.58. The molecule has 1 aliphatic heterocycles. The summed E-state index contributed by atoms with van der Waals surface area (Å²) >= 11 is 0. The van der Waals surface area contributed by atoms with E-state index in [0.717, 1.165) is 50.8 Å². The number of nitrogens with zero attached hydrogens (tertiary/aromatic N) is 3. The Morgan fingerprint density at radius 1 is 1.03 bits per heavy atom. The summed E-state index contributed by atoms with van der Waals surface area (Å²) in [5.74, 6) is 1.13. The zero-order valence-corrected chi connectivity index (χ0v) is 20.1. The number of rotatable bonds is 5. The summed E-state index contributed by atoms with van der Waals surface area (Å²) < 4.78 is 38.5. The number of pyridine rings is 1. The van der Waals surface area contributed by atoms with Crippen LogP contribution >= 0.6 is 0 Å². The molecule has 1 spiro atoms. The predicted molar refractivity (Wildman–Crippen MR) is 123 cm³/mol. The van der Waals surface area contributed by atoms with Gasteiger partial charge >= 0.3 is 12.1 Å². The van der Waals surface area contributed by atoms with Gasteiger partial charge in [-0.1, -0.05) is 0 Å². The Morgan fingerprint density at radius 3 is 2.36 bits per heavy atom. The highest BCUT2D eigenvalue weighted by Crippen LogP contribution is 2.81. The lowest BCUT2D eigenvalue weighted by Crippen LogP contribution is -2.59. The molecule has 10 heteroatoms.